The summed E-state index contributed by atoms with van der Waals surface area (Å²) in [5, 5.41) is 2.72. The third-order valence-corrected chi connectivity index (χ3v) is 5.99. The number of carbonyl (C=O) groups is 2. The van der Waals surface area contributed by atoms with Gasteiger partial charge in [0.15, 0.2) is 15.3 Å². The molecule has 1 aliphatic rings. The van der Waals surface area contributed by atoms with E-state index in [1.54, 1.807) is 12.1 Å². The second kappa shape index (κ2) is 6.92. The fourth-order valence-electron chi connectivity index (χ4n) is 3.18. The van der Waals surface area contributed by atoms with Gasteiger partial charge in [-0.2, -0.15) is 0 Å². The molecule has 0 saturated carbocycles. The molecule has 6 heteroatoms. The molecule has 1 fully saturated rings. The molecule has 0 spiro atoms. The molecular formula is C19H29NO4Si. The van der Waals surface area contributed by atoms with Crippen LogP contribution in [0.1, 0.15) is 43.6 Å². The number of benzene rings is 1. The normalized spacial score (nSPS) is 22.8. The maximum Gasteiger partial charge on any atom is 0.340 e. The smallest absolute Gasteiger partial charge is 0.340 e. The molecule has 2 rings (SSSR count). The molecule has 0 bridgehead atoms. The van der Waals surface area contributed by atoms with Crippen molar-refractivity contribution in [2.75, 3.05) is 0 Å². The van der Waals surface area contributed by atoms with Gasteiger partial charge in [0.1, 0.15) is 5.92 Å². The lowest BCUT2D eigenvalue weighted by Crippen LogP contribution is -2.71. The molecule has 3 atom stereocenters. The summed E-state index contributed by atoms with van der Waals surface area (Å²) in [5.41, 5.74) is 0.380. The van der Waals surface area contributed by atoms with Crippen LogP contribution in [-0.2, 0) is 14.0 Å². The lowest BCUT2D eigenvalue weighted by atomic mass is 9.67. The van der Waals surface area contributed by atoms with Crippen LogP contribution in [-0.4, -0.2) is 32.7 Å². The van der Waals surface area contributed by atoms with E-state index in [-0.39, 0.29) is 11.3 Å². The summed E-state index contributed by atoms with van der Waals surface area (Å²) < 4.78 is 11.9. The van der Waals surface area contributed by atoms with Gasteiger partial charge in [0.2, 0.25) is 5.91 Å². The largest absolute Gasteiger partial charge is 0.437 e. The molecule has 1 amide bonds. The third-order valence-electron chi connectivity index (χ3n) is 5.03. The van der Waals surface area contributed by atoms with Crippen LogP contribution in [0.4, 0.5) is 0 Å². The molecule has 1 heterocycles. The minimum absolute atomic E-state index is 0.130. The van der Waals surface area contributed by atoms with Crippen molar-refractivity contribution in [1.29, 1.82) is 0 Å². The summed E-state index contributed by atoms with van der Waals surface area (Å²) in [6, 6.07) is 7.26. The summed E-state index contributed by atoms with van der Waals surface area (Å²) in [6.45, 7) is 14.1. The Hall–Kier alpha value is -1.66. The molecule has 0 unspecified atom stereocenters. The summed E-state index contributed by atoms with van der Waals surface area (Å²) in [5.74, 6) is -1.07. The number of aryl methyl sites for hydroxylation is 1. The van der Waals surface area contributed by atoms with Crippen molar-refractivity contribution in [3.63, 3.8) is 0 Å². The molecule has 138 valence electrons. The van der Waals surface area contributed by atoms with Crippen molar-refractivity contribution in [2.45, 2.75) is 59.5 Å². The highest BCUT2D eigenvalue weighted by molar-refractivity contribution is 6.48. The molecule has 5 nitrogen and oxygen atoms in total. The van der Waals surface area contributed by atoms with Gasteiger partial charge in [-0.3, -0.25) is 4.79 Å². The first-order chi connectivity index (χ1) is 11.5. The maximum absolute atomic E-state index is 12.5. The van der Waals surface area contributed by atoms with Crippen LogP contribution in [0.3, 0.4) is 0 Å². The van der Waals surface area contributed by atoms with Crippen LogP contribution < -0.4 is 5.32 Å². The molecule has 1 saturated heterocycles. The van der Waals surface area contributed by atoms with Crippen molar-refractivity contribution < 1.29 is 18.8 Å². The highest BCUT2D eigenvalue weighted by Crippen LogP contribution is 2.44. The van der Waals surface area contributed by atoms with E-state index in [2.05, 4.69) is 39.2 Å². The Labute approximate surface area is 151 Å². The summed E-state index contributed by atoms with van der Waals surface area (Å²) in [6.07, 6.45) is -0.670. The molecule has 1 aliphatic heterocycles. The van der Waals surface area contributed by atoms with Gasteiger partial charge in [-0.05, 0) is 44.0 Å². The number of nitrogens with one attached hydrogen (secondary N) is 1. The molecule has 25 heavy (non-hydrogen) atoms. The van der Waals surface area contributed by atoms with Crippen LogP contribution in [0, 0.1) is 18.3 Å². The van der Waals surface area contributed by atoms with E-state index in [0.29, 0.717) is 5.56 Å². The van der Waals surface area contributed by atoms with Gasteiger partial charge >= 0.3 is 5.97 Å². The van der Waals surface area contributed by atoms with Gasteiger partial charge in [-0.25, -0.2) is 4.79 Å². The van der Waals surface area contributed by atoms with Gasteiger partial charge in [0, 0.05) is 0 Å². The SMILES string of the molecule is Cc1ccccc1C(=O)O[C@H]1NC(=O)[C@@H]1[C@@](C)(O[SiH](C)C)C(C)(C)C. The highest BCUT2D eigenvalue weighted by atomic mass is 28.3. The summed E-state index contributed by atoms with van der Waals surface area (Å²) >= 11 is 0. The van der Waals surface area contributed by atoms with Gasteiger partial charge in [0.05, 0.1) is 11.2 Å². The van der Waals surface area contributed by atoms with Crippen LogP contribution in [0.15, 0.2) is 24.3 Å². The zero-order valence-corrected chi connectivity index (χ0v) is 17.3. The van der Waals surface area contributed by atoms with E-state index < -0.39 is 32.8 Å². The minimum atomic E-state index is -1.41. The Morgan fingerprint density at radius 1 is 1.16 bits per heavy atom. The van der Waals surface area contributed by atoms with Gasteiger partial charge in [-0.15, -0.1) is 0 Å². The highest BCUT2D eigenvalue weighted by Gasteiger charge is 2.59. The van der Waals surface area contributed by atoms with E-state index in [1.165, 1.54) is 0 Å². The molecule has 1 N–H and O–H groups in total. The Bertz CT molecular complexity index is 668. The number of esters is 1. The quantitative estimate of drug-likeness (QED) is 0.496. The summed E-state index contributed by atoms with van der Waals surface area (Å²) in [4.78, 5) is 24.8. The van der Waals surface area contributed by atoms with Crippen molar-refractivity contribution in [2.24, 2.45) is 11.3 Å². The van der Waals surface area contributed by atoms with Crippen LogP contribution in [0.5, 0.6) is 0 Å². The first kappa shape index (κ1) is 19.7. The molecule has 0 aliphatic carbocycles. The molecule has 0 radical (unpaired) electrons. The van der Waals surface area contributed by atoms with E-state index in [9.17, 15) is 9.59 Å². The Morgan fingerprint density at radius 3 is 2.24 bits per heavy atom. The van der Waals surface area contributed by atoms with E-state index >= 15 is 0 Å². The van der Waals surface area contributed by atoms with E-state index in [1.807, 2.05) is 26.0 Å². The number of ether oxygens (including phenoxy) is 1. The van der Waals surface area contributed by atoms with Crippen LogP contribution >= 0.6 is 0 Å². The average molecular weight is 364 g/mol. The third kappa shape index (κ3) is 3.80. The Morgan fingerprint density at radius 2 is 1.76 bits per heavy atom. The van der Waals surface area contributed by atoms with Crippen LogP contribution in [0.2, 0.25) is 13.1 Å². The second-order valence-corrected chi connectivity index (χ2v) is 10.5. The monoisotopic (exact) mass is 363 g/mol. The molecule has 0 aromatic heterocycles. The fourth-order valence-corrected chi connectivity index (χ4v) is 4.66. The zero-order valence-electron chi connectivity index (χ0n) is 16.2. The predicted molar refractivity (Wildman–Crippen MR) is 99.8 cm³/mol. The van der Waals surface area contributed by atoms with E-state index in [0.717, 1.165) is 5.56 Å². The molecule has 1 aromatic carbocycles. The number of amides is 1. The van der Waals surface area contributed by atoms with Gasteiger partial charge in [-0.1, -0.05) is 39.0 Å². The topological polar surface area (TPSA) is 64.6 Å². The first-order valence-corrected chi connectivity index (χ1v) is 11.5. The predicted octanol–water partition coefficient (Wildman–Crippen LogP) is 3.03. The molecular weight excluding hydrogens is 334 g/mol. The van der Waals surface area contributed by atoms with Gasteiger partial charge < -0.3 is 14.5 Å². The van der Waals surface area contributed by atoms with Gasteiger partial charge in [0.25, 0.3) is 0 Å². The van der Waals surface area contributed by atoms with Crippen LogP contribution in [0.25, 0.3) is 0 Å². The lowest BCUT2D eigenvalue weighted by Gasteiger charge is -2.53. The molecule has 1 aromatic rings. The number of hydrogen-bond donors (Lipinski definition) is 1. The zero-order chi connectivity index (χ0) is 19.0. The summed E-state index contributed by atoms with van der Waals surface area (Å²) in [7, 11) is -1.41. The minimum Gasteiger partial charge on any atom is -0.437 e. The van der Waals surface area contributed by atoms with E-state index in [4.69, 9.17) is 9.16 Å². The fraction of sp³-hybridized carbons (Fsp3) is 0.579. The number of carbonyl (C=O) groups excluding carboxylic acids is 2. The Kier molecular flexibility index (Phi) is 5.44. The van der Waals surface area contributed by atoms with Crippen molar-refractivity contribution in [1.82, 2.24) is 5.32 Å². The maximum atomic E-state index is 12.5. The first-order valence-electron chi connectivity index (χ1n) is 8.72. The number of rotatable bonds is 5. The standard InChI is InChI=1S/C19H29NO4Si/c1-12-10-8-9-11-13(12)17(22)23-16-14(15(21)20-16)19(5,18(2,3)4)24-25(6)7/h8-11,14,16,25H,1-7H3,(H,20,21)/t14-,16+,19+/m0/s1. The number of hydrogen-bond acceptors (Lipinski definition) is 4. The average Bonchev–Trinajstić information content (AvgIpc) is 2.44. The number of β-lactam (4-membered cyclic amide) rings is 1. The van der Waals surface area contributed by atoms with Crippen molar-refractivity contribution in [3.8, 4) is 0 Å². The van der Waals surface area contributed by atoms with Crippen molar-refractivity contribution in [3.05, 3.63) is 35.4 Å². The second-order valence-electron chi connectivity index (χ2n) is 8.15. The lowest BCUT2D eigenvalue weighted by molar-refractivity contribution is -0.180. The van der Waals surface area contributed by atoms with Crippen molar-refractivity contribution >= 4 is 20.9 Å². The Balaban J connectivity index is 2.24.